The standard InChI is InChI=1S/C11H15N7O/c1-12-10-8-14-9(7-15-10)11(19)13-3-2-5-18-6-4-16-17-18/h4,6-8H,2-3,5H2,1H3,(H,12,15)(H,13,19). The van der Waals surface area contributed by atoms with E-state index in [1.807, 2.05) is 0 Å². The first-order chi connectivity index (χ1) is 9.29. The third kappa shape index (κ3) is 3.73. The minimum Gasteiger partial charge on any atom is -0.372 e. The number of rotatable bonds is 6. The van der Waals surface area contributed by atoms with Crippen LogP contribution in [0.3, 0.4) is 0 Å². The molecule has 2 heterocycles. The Bertz CT molecular complexity index is 508. The van der Waals surface area contributed by atoms with E-state index in [1.165, 1.54) is 12.4 Å². The summed E-state index contributed by atoms with van der Waals surface area (Å²) in [5.41, 5.74) is 0.305. The van der Waals surface area contributed by atoms with Crippen LogP contribution in [0.1, 0.15) is 16.9 Å². The first-order valence-electron chi connectivity index (χ1n) is 5.91. The number of hydrogen-bond donors (Lipinski definition) is 2. The Balaban J connectivity index is 1.74. The third-order valence-electron chi connectivity index (χ3n) is 2.46. The van der Waals surface area contributed by atoms with Gasteiger partial charge in [0.1, 0.15) is 11.5 Å². The van der Waals surface area contributed by atoms with E-state index in [9.17, 15) is 4.79 Å². The van der Waals surface area contributed by atoms with E-state index in [0.717, 1.165) is 6.42 Å². The predicted molar refractivity (Wildman–Crippen MR) is 68.6 cm³/mol. The number of nitrogens with one attached hydrogen (secondary N) is 2. The van der Waals surface area contributed by atoms with Gasteiger partial charge >= 0.3 is 0 Å². The summed E-state index contributed by atoms with van der Waals surface area (Å²) in [4.78, 5) is 19.8. The molecule has 0 aliphatic rings. The van der Waals surface area contributed by atoms with Crippen LogP contribution in [0.25, 0.3) is 0 Å². The van der Waals surface area contributed by atoms with Gasteiger partial charge in [0.15, 0.2) is 0 Å². The fourth-order valence-electron chi connectivity index (χ4n) is 1.46. The number of aromatic nitrogens is 5. The van der Waals surface area contributed by atoms with E-state index in [-0.39, 0.29) is 5.91 Å². The number of nitrogens with zero attached hydrogens (tertiary/aromatic N) is 5. The van der Waals surface area contributed by atoms with Gasteiger partial charge in [-0.1, -0.05) is 5.21 Å². The maximum Gasteiger partial charge on any atom is 0.271 e. The highest BCUT2D eigenvalue weighted by Gasteiger charge is 2.06. The third-order valence-corrected chi connectivity index (χ3v) is 2.46. The number of anilines is 1. The highest BCUT2D eigenvalue weighted by Crippen LogP contribution is 1.99. The second kappa shape index (κ2) is 6.43. The number of carbonyl (C=O) groups excluding carboxylic acids is 1. The minimum atomic E-state index is -0.228. The van der Waals surface area contributed by atoms with Gasteiger partial charge in [0, 0.05) is 26.3 Å². The van der Waals surface area contributed by atoms with E-state index in [2.05, 4.69) is 30.9 Å². The Morgan fingerprint density at radius 3 is 2.89 bits per heavy atom. The molecule has 2 aromatic heterocycles. The van der Waals surface area contributed by atoms with Crippen molar-refractivity contribution in [1.29, 1.82) is 0 Å². The van der Waals surface area contributed by atoms with Crippen molar-refractivity contribution in [3.05, 3.63) is 30.5 Å². The summed E-state index contributed by atoms with van der Waals surface area (Å²) in [7, 11) is 1.74. The van der Waals surface area contributed by atoms with E-state index in [1.54, 1.807) is 24.1 Å². The highest BCUT2D eigenvalue weighted by molar-refractivity contribution is 5.91. The van der Waals surface area contributed by atoms with E-state index >= 15 is 0 Å². The topological polar surface area (TPSA) is 97.6 Å². The minimum absolute atomic E-state index is 0.228. The normalized spacial score (nSPS) is 10.2. The zero-order valence-corrected chi connectivity index (χ0v) is 10.6. The molecule has 2 aromatic rings. The highest BCUT2D eigenvalue weighted by atomic mass is 16.1. The smallest absolute Gasteiger partial charge is 0.271 e. The van der Waals surface area contributed by atoms with Crippen molar-refractivity contribution in [2.75, 3.05) is 18.9 Å². The molecule has 0 atom stereocenters. The molecule has 1 amide bonds. The Morgan fingerprint density at radius 1 is 1.37 bits per heavy atom. The average Bonchev–Trinajstić information content (AvgIpc) is 2.96. The van der Waals surface area contributed by atoms with Gasteiger partial charge in [-0.25, -0.2) is 9.97 Å². The van der Waals surface area contributed by atoms with Gasteiger partial charge in [0.05, 0.1) is 18.6 Å². The van der Waals surface area contributed by atoms with Crippen LogP contribution in [0, 0.1) is 0 Å². The van der Waals surface area contributed by atoms with Gasteiger partial charge in [-0.05, 0) is 6.42 Å². The molecule has 0 aliphatic carbocycles. The summed E-state index contributed by atoms with van der Waals surface area (Å²) in [5, 5.41) is 13.2. The molecular weight excluding hydrogens is 246 g/mol. The molecule has 0 bridgehead atoms. The van der Waals surface area contributed by atoms with Crippen LogP contribution in [-0.2, 0) is 6.54 Å². The molecule has 8 nitrogen and oxygen atoms in total. The van der Waals surface area contributed by atoms with Crippen molar-refractivity contribution in [1.82, 2.24) is 30.3 Å². The van der Waals surface area contributed by atoms with Crippen molar-refractivity contribution in [2.45, 2.75) is 13.0 Å². The summed E-state index contributed by atoms with van der Waals surface area (Å²) < 4.78 is 1.72. The summed E-state index contributed by atoms with van der Waals surface area (Å²) >= 11 is 0. The maximum atomic E-state index is 11.7. The van der Waals surface area contributed by atoms with E-state index < -0.39 is 0 Å². The van der Waals surface area contributed by atoms with Gasteiger partial charge in [-0.15, -0.1) is 5.10 Å². The monoisotopic (exact) mass is 261 g/mol. The Labute approximate surface area is 110 Å². The molecule has 0 saturated carbocycles. The fourth-order valence-corrected chi connectivity index (χ4v) is 1.46. The lowest BCUT2D eigenvalue weighted by atomic mass is 10.3. The van der Waals surface area contributed by atoms with Crippen molar-refractivity contribution in [2.24, 2.45) is 0 Å². The lowest BCUT2D eigenvalue weighted by molar-refractivity contribution is 0.0947. The molecule has 0 unspecified atom stereocenters. The van der Waals surface area contributed by atoms with Crippen LogP contribution in [0.2, 0.25) is 0 Å². The van der Waals surface area contributed by atoms with Crippen LogP contribution in [0.15, 0.2) is 24.8 Å². The van der Waals surface area contributed by atoms with Gasteiger partial charge in [0.25, 0.3) is 5.91 Å². The van der Waals surface area contributed by atoms with E-state index in [4.69, 9.17) is 0 Å². The SMILES string of the molecule is CNc1cnc(C(=O)NCCCn2ccnn2)cn1. The number of aryl methyl sites for hydroxylation is 1. The molecule has 0 aliphatic heterocycles. The lowest BCUT2D eigenvalue weighted by Crippen LogP contribution is -2.26. The van der Waals surface area contributed by atoms with Crippen molar-refractivity contribution >= 4 is 11.7 Å². The molecule has 0 fully saturated rings. The molecule has 0 radical (unpaired) electrons. The number of hydrogen-bond acceptors (Lipinski definition) is 6. The molecule has 0 spiro atoms. The van der Waals surface area contributed by atoms with Crippen molar-refractivity contribution < 1.29 is 4.79 Å². The first-order valence-corrected chi connectivity index (χ1v) is 5.91. The Morgan fingerprint density at radius 2 is 2.26 bits per heavy atom. The second-order valence-corrected chi connectivity index (χ2v) is 3.81. The first kappa shape index (κ1) is 12.9. The molecule has 0 aromatic carbocycles. The van der Waals surface area contributed by atoms with Crippen LogP contribution in [-0.4, -0.2) is 44.5 Å². The molecule has 8 heteroatoms. The zero-order chi connectivity index (χ0) is 13.5. The quantitative estimate of drug-likeness (QED) is 0.706. The van der Waals surface area contributed by atoms with Crippen LogP contribution < -0.4 is 10.6 Å². The van der Waals surface area contributed by atoms with Crippen LogP contribution in [0.4, 0.5) is 5.82 Å². The van der Waals surface area contributed by atoms with Crippen molar-refractivity contribution in [3.8, 4) is 0 Å². The Kier molecular flexibility index (Phi) is 4.38. The summed E-state index contributed by atoms with van der Waals surface area (Å²) in [6.07, 6.45) is 7.14. The number of carbonyl (C=O) groups is 1. The van der Waals surface area contributed by atoms with Gasteiger partial charge in [0.2, 0.25) is 0 Å². The van der Waals surface area contributed by atoms with E-state index in [0.29, 0.717) is 24.6 Å². The van der Waals surface area contributed by atoms with Gasteiger partial charge < -0.3 is 10.6 Å². The van der Waals surface area contributed by atoms with Crippen LogP contribution >= 0.6 is 0 Å². The molecular formula is C11H15N7O. The molecule has 19 heavy (non-hydrogen) atoms. The zero-order valence-electron chi connectivity index (χ0n) is 10.6. The summed E-state index contributed by atoms with van der Waals surface area (Å²) in [6, 6.07) is 0. The second-order valence-electron chi connectivity index (χ2n) is 3.81. The predicted octanol–water partition coefficient (Wildman–Crippen LogP) is -0.0701. The van der Waals surface area contributed by atoms with Gasteiger partial charge in [-0.3, -0.25) is 9.48 Å². The molecule has 2 rings (SSSR count). The molecule has 2 N–H and O–H groups in total. The summed E-state index contributed by atoms with van der Waals surface area (Å²) in [5.74, 6) is 0.400. The summed E-state index contributed by atoms with van der Waals surface area (Å²) in [6.45, 7) is 1.26. The molecule has 0 saturated heterocycles. The Hall–Kier alpha value is -2.51. The largest absolute Gasteiger partial charge is 0.372 e. The van der Waals surface area contributed by atoms with Gasteiger partial charge in [-0.2, -0.15) is 0 Å². The molecule has 100 valence electrons. The fraction of sp³-hybridized carbons (Fsp3) is 0.364. The average molecular weight is 261 g/mol. The number of amides is 1. The maximum absolute atomic E-state index is 11.7. The van der Waals surface area contributed by atoms with Crippen LogP contribution in [0.5, 0.6) is 0 Å². The lowest BCUT2D eigenvalue weighted by Gasteiger charge is -2.05. The van der Waals surface area contributed by atoms with Crippen molar-refractivity contribution in [3.63, 3.8) is 0 Å².